The van der Waals surface area contributed by atoms with E-state index in [9.17, 15) is 4.39 Å². The van der Waals surface area contributed by atoms with E-state index in [1.165, 1.54) is 12.1 Å². The first-order valence-electron chi connectivity index (χ1n) is 6.39. The van der Waals surface area contributed by atoms with Crippen molar-refractivity contribution >= 4 is 11.6 Å². The maximum Gasteiger partial charge on any atom is 0.124 e. The monoisotopic (exact) mass is 272 g/mol. The van der Waals surface area contributed by atoms with Crippen LogP contribution in [-0.4, -0.2) is 31.1 Å². The molecule has 1 aromatic rings. The first-order valence-corrected chi connectivity index (χ1v) is 6.77. The Morgan fingerprint density at radius 1 is 1.44 bits per heavy atom. The van der Waals surface area contributed by atoms with Crippen LogP contribution in [0.25, 0.3) is 0 Å². The number of halogens is 2. The highest BCUT2D eigenvalue weighted by Crippen LogP contribution is 2.16. The van der Waals surface area contributed by atoms with E-state index in [1.807, 2.05) is 0 Å². The summed E-state index contributed by atoms with van der Waals surface area (Å²) in [5, 5.41) is 3.81. The molecule has 4 heteroatoms. The molecule has 0 amide bonds. The Bertz CT molecular complexity index is 371. The summed E-state index contributed by atoms with van der Waals surface area (Å²) in [6.07, 6.45) is 1.15. The molecule has 0 spiro atoms. The van der Waals surface area contributed by atoms with Crippen LogP contribution in [0.4, 0.5) is 4.39 Å². The van der Waals surface area contributed by atoms with Gasteiger partial charge in [0.05, 0.1) is 0 Å². The van der Waals surface area contributed by atoms with E-state index in [0.717, 1.165) is 25.1 Å². The summed E-state index contributed by atoms with van der Waals surface area (Å²) in [6.45, 7) is 6.97. The molecule has 0 bridgehead atoms. The standard InChI is InChI=1S/C14H22ClFN2/c1-4-11(2)18(3)8-7-17-10-12-5-6-13(16)9-14(12)15/h5-6,9,11,17H,4,7-8,10H2,1-3H3. The normalized spacial score (nSPS) is 13.0. The molecule has 102 valence electrons. The summed E-state index contributed by atoms with van der Waals surface area (Å²) in [5.41, 5.74) is 0.934. The first-order chi connectivity index (χ1) is 8.54. The van der Waals surface area contributed by atoms with Crippen LogP contribution in [0.3, 0.4) is 0 Å². The van der Waals surface area contributed by atoms with E-state index in [0.29, 0.717) is 17.6 Å². The highest BCUT2D eigenvalue weighted by atomic mass is 35.5. The zero-order chi connectivity index (χ0) is 13.5. The second-order valence-electron chi connectivity index (χ2n) is 4.65. The lowest BCUT2D eigenvalue weighted by molar-refractivity contribution is 0.251. The van der Waals surface area contributed by atoms with E-state index in [-0.39, 0.29) is 5.82 Å². The molecular weight excluding hydrogens is 251 g/mol. The van der Waals surface area contributed by atoms with E-state index >= 15 is 0 Å². The molecule has 1 unspecified atom stereocenters. The molecular formula is C14H22ClFN2. The lowest BCUT2D eigenvalue weighted by Crippen LogP contribution is -2.34. The molecule has 0 aliphatic carbocycles. The van der Waals surface area contributed by atoms with Gasteiger partial charge in [-0.05, 0) is 38.1 Å². The largest absolute Gasteiger partial charge is 0.311 e. The van der Waals surface area contributed by atoms with Gasteiger partial charge in [0, 0.05) is 30.7 Å². The van der Waals surface area contributed by atoms with Gasteiger partial charge in [-0.15, -0.1) is 0 Å². The van der Waals surface area contributed by atoms with Crippen LogP contribution < -0.4 is 5.32 Å². The van der Waals surface area contributed by atoms with Crippen molar-refractivity contribution in [2.45, 2.75) is 32.9 Å². The molecule has 0 radical (unpaired) electrons. The molecule has 0 aliphatic heterocycles. The second kappa shape index (κ2) is 7.72. The van der Waals surface area contributed by atoms with Crippen LogP contribution in [0.1, 0.15) is 25.8 Å². The fraction of sp³-hybridized carbons (Fsp3) is 0.571. The van der Waals surface area contributed by atoms with Crippen molar-refractivity contribution in [3.8, 4) is 0 Å². The lowest BCUT2D eigenvalue weighted by Gasteiger charge is -2.23. The SMILES string of the molecule is CCC(C)N(C)CCNCc1ccc(F)cc1Cl. The minimum Gasteiger partial charge on any atom is -0.311 e. The average Bonchev–Trinajstić information content (AvgIpc) is 2.35. The molecule has 1 rings (SSSR count). The van der Waals surface area contributed by atoms with Gasteiger partial charge in [0.2, 0.25) is 0 Å². The molecule has 0 saturated carbocycles. The zero-order valence-corrected chi connectivity index (χ0v) is 12.1. The summed E-state index contributed by atoms with van der Waals surface area (Å²) < 4.78 is 12.9. The summed E-state index contributed by atoms with van der Waals surface area (Å²) >= 11 is 5.95. The second-order valence-corrected chi connectivity index (χ2v) is 5.06. The minimum absolute atomic E-state index is 0.291. The maximum absolute atomic E-state index is 12.9. The highest BCUT2D eigenvalue weighted by Gasteiger charge is 2.06. The van der Waals surface area contributed by atoms with Gasteiger partial charge >= 0.3 is 0 Å². The van der Waals surface area contributed by atoms with Crippen molar-refractivity contribution in [2.24, 2.45) is 0 Å². The van der Waals surface area contributed by atoms with Crippen molar-refractivity contribution in [1.82, 2.24) is 10.2 Å². The van der Waals surface area contributed by atoms with Crippen LogP contribution in [0.2, 0.25) is 5.02 Å². The number of benzene rings is 1. The minimum atomic E-state index is -0.291. The molecule has 0 aliphatic rings. The third-order valence-corrected chi connectivity index (χ3v) is 3.67. The number of nitrogens with one attached hydrogen (secondary N) is 1. The molecule has 0 aromatic heterocycles. The summed E-state index contributed by atoms with van der Waals surface area (Å²) in [5.74, 6) is -0.291. The van der Waals surface area contributed by atoms with E-state index in [1.54, 1.807) is 6.07 Å². The molecule has 0 saturated heterocycles. The number of rotatable bonds is 7. The summed E-state index contributed by atoms with van der Waals surface area (Å²) in [7, 11) is 2.13. The third kappa shape index (κ3) is 4.92. The van der Waals surface area contributed by atoms with Crippen molar-refractivity contribution in [3.05, 3.63) is 34.6 Å². The van der Waals surface area contributed by atoms with Gasteiger partial charge in [-0.1, -0.05) is 24.6 Å². The number of nitrogens with zero attached hydrogens (tertiary/aromatic N) is 1. The van der Waals surface area contributed by atoms with Gasteiger partial charge in [0.1, 0.15) is 5.82 Å². The fourth-order valence-electron chi connectivity index (χ4n) is 1.68. The number of likely N-dealkylation sites (N-methyl/N-ethyl adjacent to an activating group) is 1. The van der Waals surface area contributed by atoms with Crippen molar-refractivity contribution in [3.63, 3.8) is 0 Å². The highest BCUT2D eigenvalue weighted by molar-refractivity contribution is 6.31. The van der Waals surface area contributed by atoms with E-state index < -0.39 is 0 Å². The Kier molecular flexibility index (Phi) is 6.61. The van der Waals surface area contributed by atoms with Crippen LogP contribution >= 0.6 is 11.6 Å². The Morgan fingerprint density at radius 3 is 2.78 bits per heavy atom. The summed E-state index contributed by atoms with van der Waals surface area (Å²) in [4.78, 5) is 2.32. The van der Waals surface area contributed by atoms with E-state index in [2.05, 4.69) is 31.1 Å². The Morgan fingerprint density at radius 2 is 2.17 bits per heavy atom. The molecule has 18 heavy (non-hydrogen) atoms. The number of hydrogen-bond acceptors (Lipinski definition) is 2. The molecule has 1 N–H and O–H groups in total. The van der Waals surface area contributed by atoms with Crippen LogP contribution in [0.15, 0.2) is 18.2 Å². The predicted octanol–water partition coefficient (Wildman–Crippen LogP) is 3.30. The van der Waals surface area contributed by atoms with Gasteiger partial charge < -0.3 is 10.2 Å². The van der Waals surface area contributed by atoms with Crippen molar-refractivity contribution in [2.75, 3.05) is 20.1 Å². The molecule has 0 heterocycles. The molecule has 2 nitrogen and oxygen atoms in total. The van der Waals surface area contributed by atoms with E-state index in [4.69, 9.17) is 11.6 Å². The van der Waals surface area contributed by atoms with Crippen LogP contribution in [0, 0.1) is 5.82 Å². The number of hydrogen-bond donors (Lipinski definition) is 1. The average molecular weight is 273 g/mol. The fourth-order valence-corrected chi connectivity index (χ4v) is 1.91. The lowest BCUT2D eigenvalue weighted by atomic mass is 10.2. The third-order valence-electron chi connectivity index (χ3n) is 3.32. The molecule has 1 atom stereocenters. The Labute approximate surface area is 114 Å². The van der Waals surface area contributed by atoms with Gasteiger partial charge in [0.15, 0.2) is 0 Å². The van der Waals surface area contributed by atoms with Crippen LogP contribution in [-0.2, 0) is 6.54 Å². The van der Waals surface area contributed by atoms with Crippen molar-refractivity contribution in [1.29, 1.82) is 0 Å². The molecule has 0 fully saturated rings. The first kappa shape index (κ1) is 15.4. The van der Waals surface area contributed by atoms with Gasteiger partial charge in [-0.25, -0.2) is 4.39 Å². The maximum atomic E-state index is 12.9. The molecule has 1 aromatic carbocycles. The van der Waals surface area contributed by atoms with Crippen molar-refractivity contribution < 1.29 is 4.39 Å². The van der Waals surface area contributed by atoms with Gasteiger partial charge in [-0.3, -0.25) is 0 Å². The van der Waals surface area contributed by atoms with Gasteiger partial charge in [-0.2, -0.15) is 0 Å². The van der Waals surface area contributed by atoms with Gasteiger partial charge in [0.25, 0.3) is 0 Å². The quantitative estimate of drug-likeness (QED) is 0.766. The topological polar surface area (TPSA) is 15.3 Å². The Balaban J connectivity index is 2.29. The zero-order valence-electron chi connectivity index (χ0n) is 11.3. The predicted molar refractivity (Wildman–Crippen MR) is 75.5 cm³/mol. The summed E-state index contributed by atoms with van der Waals surface area (Å²) in [6, 6.07) is 5.11. The van der Waals surface area contributed by atoms with Crippen LogP contribution in [0.5, 0.6) is 0 Å². The smallest absolute Gasteiger partial charge is 0.124 e. The Hall–Kier alpha value is -0.640.